The SMILES string of the molecule is Cc1cc(C)c(N)c(-c2nnc3n2CCC(C)C3)c1. The molecule has 2 aromatic rings. The third-order valence-corrected chi connectivity index (χ3v) is 3.98. The maximum absolute atomic E-state index is 6.22. The number of rotatable bonds is 1. The smallest absolute Gasteiger partial charge is 0.166 e. The molecule has 0 saturated carbocycles. The monoisotopic (exact) mass is 256 g/mol. The molecule has 1 unspecified atom stereocenters. The van der Waals surface area contributed by atoms with Crippen molar-refractivity contribution in [2.45, 2.75) is 40.2 Å². The molecule has 1 aromatic carbocycles. The van der Waals surface area contributed by atoms with Gasteiger partial charge in [-0.2, -0.15) is 0 Å². The minimum absolute atomic E-state index is 0.696. The van der Waals surface area contributed by atoms with E-state index in [0.717, 1.165) is 41.4 Å². The van der Waals surface area contributed by atoms with Gasteiger partial charge in [-0.3, -0.25) is 0 Å². The van der Waals surface area contributed by atoms with Gasteiger partial charge in [0.1, 0.15) is 5.82 Å². The van der Waals surface area contributed by atoms with E-state index in [9.17, 15) is 0 Å². The van der Waals surface area contributed by atoms with Gasteiger partial charge in [0.15, 0.2) is 5.82 Å². The van der Waals surface area contributed by atoms with Crippen LogP contribution in [-0.4, -0.2) is 14.8 Å². The zero-order valence-corrected chi connectivity index (χ0v) is 11.8. The Morgan fingerprint density at radius 2 is 2.05 bits per heavy atom. The van der Waals surface area contributed by atoms with Gasteiger partial charge in [-0.05, 0) is 43.4 Å². The van der Waals surface area contributed by atoms with E-state index < -0.39 is 0 Å². The van der Waals surface area contributed by atoms with Crippen molar-refractivity contribution >= 4 is 5.69 Å². The summed E-state index contributed by atoms with van der Waals surface area (Å²) in [7, 11) is 0. The summed E-state index contributed by atoms with van der Waals surface area (Å²) in [5.74, 6) is 2.71. The van der Waals surface area contributed by atoms with E-state index >= 15 is 0 Å². The predicted octanol–water partition coefficient (Wildman–Crippen LogP) is 2.73. The lowest BCUT2D eigenvalue weighted by molar-refractivity contribution is 0.411. The van der Waals surface area contributed by atoms with Crippen molar-refractivity contribution in [2.75, 3.05) is 5.73 Å². The molecule has 4 nitrogen and oxygen atoms in total. The maximum atomic E-state index is 6.22. The van der Waals surface area contributed by atoms with Crippen molar-refractivity contribution in [3.8, 4) is 11.4 Å². The minimum Gasteiger partial charge on any atom is -0.398 e. The zero-order chi connectivity index (χ0) is 13.6. The van der Waals surface area contributed by atoms with Gasteiger partial charge >= 0.3 is 0 Å². The first kappa shape index (κ1) is 12.2. The van der Waals surface area contributed by atoms with Crippen LogP contribution in [0.2, 0.25) is 0 Å². The number of aryl methyl sites for hydroxylation is 2. The Kier molecular flexibility index (Phi) is 2.81. The molecule has 100 valence electrons. The Hall–Kier alpha value is -1.84. The molecule has 1 atom stereocenters. The van der Waals surface area contributed by atoms with Crippen LogP contribution in [0.25, 0.3) is 11.4 Å². The van der Waals surface area contributed by atoms with Crippen molar-refractivity contribution in [2.24, 2.45) is 5.92 Å². The summed E-state index contributed by atoms with van der Waals surface area (Å²) in [5.41, 5.74) is 10.4. The maximum Gasteiger partial charge on any atom is 0.166 e. The summed E-state index contributed by atoms with van der Waals surface area (Å²) < 4.78 is 2.23. The van der Waals surface area contributed by atoms with E-state index in [2.05, 4.69) is 40.7 Å². The normalized spacial score (nSPS) is 18.4. The van der Waals surface area contributed by atoms with E-state index in [4.69, 9.17) is 5.73 Å². The van der Waals surface area contributed by atoms with Gasteiger partial charge in [0.05, 0.1) is 0 Å². The molecule has 1 aliphatic rings. The fraction of sp³-hybridized carbons (Fsp3) is 0.467. The number of nitrogens with two attached hydrogens (primary N) is 1. The number of nitrogen functional groups attached to an aromatic ring is 1. The van der Waals surface area contributed by atoms with Crippen molar-refractivity contribution in [1.29, 1.82) is 0 Å². The van der Waals surface area contributed by atoms with Crippen molar-refractivity contribution in [1.82, 2.24) is 14.8 Å². The van der Waals surface area contributed by atoms with E-state index in [1.807, 2.05) is 6.92 Å². The molecule has 3 rings (SSSR count). The average Bonchev–Trinajstić information content (AvgIpc) is 2.76. The van der Waals surface area contributed by atoms with E-state index in [1.54, 1.807) is 0 Å². The number of fused-ring (bicyclic) bond motifs is 1. The van der Waals surface area contributed by atoms with Crippen LogP contribution < -0.4 is 5.73 Å². The first-order valence-corrected chi connectivity index (χ1v) is 6.85. The lowest BCUT2D eigenvalue weighted by Gasteiger charge is -2.21. The van der Waals surface area contributed by atoms with Crippen molar-refractivity contribution in [3.63, 3.8) is 0 Å². The lowest BCUT2D eigenvalue weighted by Crippen LogP contribution is -2.18. The molecular weight excluding hydrogens is 236 g/mol. The van der Waals surface area contributed by atoms with Crippen LogP contribution in [-0.2, 0) is 13.0 Å². The van der Waals surface area contributed by atoms with Crippen LogP contribution in [0.4, 0.5) is 5.69 Å². The number of anilines is 1. The van der Waals surface area contributed by atoms with Gasteiger partial charge in [0, 0.05) is 24.2 Å². The van der Waals surface area contributed by atoms with Gasteiger partial charge in [0.25, 0.3) is 0 Å². The zero-order valence-electron chi connectivity index (χ0n) is 11.8. The molecule has 19 heavy (non-hydrogen) atoms. The summed E-state index contributed by atoms with van der Waals surface area (Å²) in [6.07, 6.45) is 2.19. The van der Waals surface area contributed by atoms with Crippen LogP contribution in [0.1, 0.15) is 30.3 Å². The summed E-state index contributed by atoms with van der Waals surface area (Å²) in [5, 5.41) is 8.72. The summed E-state index contributed by atoms with van der Waals surface area (Å²) in [6.45, 7) is 7.39. The number of hydrogen-bond acceptors (Lipinski definition) is 3. The quantitative estimate of drug-likeness (QED) is 0.798. The molecule has 2 N–H and O–H groups in total. The highest BCUT2D eigenvalue weighted by atomic mass is 15.3. The molecule has 4 heteroatoms. The fourth-order valence-corrected chi connectivity index (χ4v) is 2.85. The number of nitrogens with zero attached hydrogens (tertiary/aromatic N) is 3. The molecule has 0 radical (unpaired) electrons. The number of aromatic nitrogens is 3. The second-order valence-corrected chi connectivity index (χ2v) is 5.73. The lowest BCUT2D eigenvalue weighted by atomic mass is 9.99. The third-order valence-electron chi connectivity index (χ3n) is 3.98. The Bertz CT molecular complexity index is 627. The molecular formula is C15H20N4. The van der Waals surface area contributed by atoms with Gasteiger partial charge in [0.2, 0.25) is 0 Å². The molecule has 0 fully saturated rings. The Labute approximate surface area is 113 Å². The number of benzene rings is 1. The molecule has 0 saturated heterocycles. The second kappa shape index (κ2) is 4.37. The first-order valence-electron chi connectivity index (χ1n) is 6.85. The average molecular weight is 256 g/mol. The van der Waals surface area contributed by atoms with E-state index in [1.165, 1.54) is 12.0 Å². The van der Waals surface area contributed by atoms with Crippen LogP contribution in [0.5, 0.6) is 0 Å². The van der Waals surface area contributed by atoms with Gasteiger partial charge in [-0.25, -0.2) is 0 Å². The van der Waals surface area contributed by atoms with Gasteiger partial charge in [-0.15, -0.1) is 10.2 Å². The highest BCUT2D eigenvalue weighted by Crippen LogP contribution is 2.31. The Balaban J connectivity index is 2.14. The van der Waals surface area contributed by atoms with Gasteiger partial charge in [-0.1, -0.05) is 13.0 Å². The molecule has 0 spiro atoms. The Morgan fingerprint density at radius 1 is 1.26 bits per heavy atom. The fourth-order valence-electron chi connectivity index (χ4n) is 2.85. The standard InChI is InChI=1S/C15H20N4/c1-9-4-5-19-13(8-9)17-18-15(19)12-7-10(2)6-11(3)14(12)16/h6-7,9H,4-5,8,16H2,1-3H3. The van der Waals surface area contributed by atoms with Crippen molar-refractivity contribution in [3.05, 3.63) is 29.1 Å². The minimum atomic E-state index is 0.696. The number of hydrogen-bond donors (Lipinski definition) is 1. The van der Waals surface area contributed by atoms with Crippen LogP contribution >= 0.6 is 0 Å². The second-order valence-electron chi connectivity index (χ2n) is 5.73. The molecule has 1 aliphatic heterocycles. The van der Waals surface area contributed by atoms with Gasteiger partial charge < -0.3 is 10.3 Å². The third kappa shape index (κ3) is 2.01. The summed E-state index contributed by atoms with van der Waals surface area (Å²) in [4.78, 5) is 0. The summed E-state index contributed by atoms with van der Waals surface area (Å²) >= 11 is 0. The highest BCUT2D eigenvalue weighted by molar-refractivity contribution is 5.75. The van der Waals surface area contributed by atoms with E-state index in [-0.39, 0.29) is 0 Å². The summed E-state index contributed by atoms with van der Waals surface area (Å²) in [6, 6.07) is 4.21. The van der Waals surface area contributed by atoms with E-state index in [0.29, 0.717) is 5.92 Å². The van der Waals surface area contributed by atoms with Crippen molar-refractivity contribution < 1.29 is 0 Å². The largest absolute Gasteiger partial charge is 0.398 e. The topological polar surface area (TPSA) is 56.7 Å². The first-order chi connectivity index (χ1) is 9.06. The van der Waals surface area contributed by atoms with Crippen LogP contribution in [0, 0.1) is 19.8 Å². The molecule has 1 aromatic heterocycles. The molecule has 0 bridgehead atoms. The predicted molar refractivity (Wildman–Crippen MR) is 76.8 cm³/mol. The van der Waals surface area contributed by atoms with Crippen LogP contribution in [0.3, 0.4) is 0 Å². The molecule has 0 aliphatic carbocycles. The molecule has 0 amide bonds. The highest BCUT2D eigenvalue weighted by Gasteiger charge is 2.22. The Morgan fingerprint density at radius 3 is 2.84 bits per heavy atom. The van der Waals surface area contributed by atoms with Crippen LogP contribution in [0.15, 0.2) is 12.1 Å². The molecule has 2 heterocycles.